The topological polar surface area (TPSA) is 40.5 Å². The summed E-state index contributed by atoms with van der Waals surface area (Å²) in [7, 11) is 0. The number of fused-ring (bicyclic) bond motifs is 1. The largest absolute Gasteiger partial charge is 0.392 e. The Kier molecular flexibility index (Phi) is 3.16. The molecule has 0 heterocycles. The molecule has 2 nitrogen and oxygen atoms in total. The molecule has 2 aliphatic rings. The van der Waals surface area contributed by atoms with Gasteiger partial charge < -0.3 is 10.2 Å². The third-order valence-electron chi connectivity index (χ3n) is 5.06. The Balaban J connectivity index is 2.34. The van der Waals surface area contributed by atoms with Crippen LogP contribution in [0.25, 0.3) is 0 Å². The van der Waals surface area contributed by atoms with Crippen LogP contribution in [-0.2, 0) is 0 Å². The Morgan fingerprint density at radius 2 is 1.94 bits per heavy atom. The van der Waals surface area contributed by atoms with E-state index in [4.69, 9.17) is 0 Å². The summed E-state index contributed by atoms with van der Waals surface area (Å²) in [6, 6.07) is 0. The van der Waals surface area contributed by atoms with E-state index in [-0.39, 0.29) is 17.4 Å². The number of rotatable bonds is 1. The molecular formula is C15H26O2. The van der Waals surface area contributed by atoms with E-state index in [9.17, 15) is 10.2 Å². The molecule has 0 aromatic heterocycles. The van der Waals surface area contributed by atoms with E-state index < -0.39 is 5.60 Å². The second-order valence-corrected chi connectivity index (χ2v) is 6.83. The molecular weight excluding hydrogens is 212 g/mol. The lowest BCUT2D eigenvalue weighted by molar-refractivity contribution is -0.0157. The van der Waals surface area contributed by atoms with Crippen molar-refractivity contribution in [3.8, 4) is 0 Å². The van der Waals surface area contributed by atoms with E-state index in [2.05, 4.69) is 19.9 Å². The maximum absolute atomic E-state index is 10.3. The van der Waals surface area contributed by atoms with Gasteiger partial charge in [-0.3, -0.25) is 0 Å². The van der Waals surface area contributed by atoms with Gasteiger partial charge in [-0.25, -0.2) is 0 Å². The highest BCUT2D eigenvalue weighted by Gasteiger charge is 2.46. The number of aliphatic hydroxyl groups excluding tert-OH is 1. The number of aliphatic hydroxyl groups is 2. The van der Waals surface area contributed by atoms with Gasteiger partial charge in [0.2, 0.25) is 0 Å². The Hall–Kier alpha value is -0.340. The molecule has 0 amide bonds. The standard InChI is InChI=1S/C15H26O2/c1-10-5-6-13(16)15(4)8-7-11(9-12(10)15)14(2,3)17/h9-11,13,16-17H,5-8H2,1-4H3/t10-,11+,13+,15+/m1/s1. The third-order valence-corrected chi connectivity index (χ3v) is 5.06. The van der Waals surface area contributed by atoms with Gasteiger partial charge in [0.15, 0.2) is 0 Å². The summed E-state index contributed by atoms with van der Waals surface area (Å²) in [4.78, 5) is 0. The SMILES string of the molecule is C[C@@H]1CC[C@H](O)[C@@]2(C)CC[C@H](C(C)(C)O)C=C12. The van der Waals surface area contributed by atoms with E-state index in [1.807, 2.05) is 13.8 Å². The summed E-state index contributed by atoms with van der Waals surface area (Å²) >= 11 is 0. The van der Waals surface area contributed by atoms with Crippen molar-refractivity contribution in [2.24, 2.45) is 17.3 Å². The average Bonchev–Trinajstić information content (AvgIpc) is 2.22. The first-order valence-corrected chi connectivity index (χ1v) is 6.88. The average molecular weight is 238 g/mol. The van der Waals surface area contributed by atoms with Gasteiger partial charge in [-0.15, -0.1) is 0 Å². The van der Waals surface area contributed by atoms with Crippen LogP contribution in [0.5, 0.6) is 0 Å². The zero-order chi connectivity index (χ0) is 12.8. The maximum atomic E-state index is 10.3. The van der Waals surface area contributed by atoms with Gasteiger partial charge in [0.05, 0.1) is 11.7 Å². The molecule has 0 aromatic carbocycles. The molecule has 1 fully saturated rings. The van der Waals surface area contributed by atoms with Gasteiger partial charge >= 0.3 is 0 Å². The van der Waals surface area contributed by atoms with Gasteiger partial charge in [0, 0.05) is 11.3 Å². The number of hydrogen-bond acceptors (Lipinski definition) is 2. The van der Waals surface area contributed by atoms with Gasteiger partial charge in [-0.05, 0) is 45.4 Å². The molecule has 4 atom stereocenters. The maximum Gasteiger partial charge on any atom is 0.0654 e. The van der Waals surface area contributed by atoms with Crippen LogP contribution in [0.1, 0.15) is 53.4 Å². The first kappa shape index (κ1) is 13.1. The molecule has 0 saturated heterocycles. The summed E-state index contributed by atoms with van der Waals surface area (Å²) in [5.74, 6) is 0.784. The molecule has 0 aromatic rings. The van der Waals surface area contributed by atoms with E-state index in [0.717, 1.165) is 25.7 Å². The van der Waals surface area contributed by atoms with Crippen molar-refractivity contribution in [3.05, 3.63) is 11.6 Å². The Morgan fingerprint density at radius 1 is 1.29 bits per heavy atom. The summed E-state index contributed by atoms with van der Waals surface area (Å²) < 4.78 is 0. The van der Waals surface area contributed by atoms with Gasteiger partial charge in [-0.2, -0.15) is 0 Å². The molecule has 2 heteroatoms. The van der Waals surface area contributed by atoms with E-state index in [0.29, 0.717) is 5.92 Å². The fourth-order valence-corrected chi connectivity index (χ4v) is 3.62. The fourth-order valence-electron chi connectivity index (χ4n) is 3.62. The lowest BCUT2D eigenvalue weighted by Crippen LogP contribution is -2.45. The lowest BCUT2D eigenvalue weighted by Gasteiger charge is -2.49. The normalized spacial score (nSPS) is 42.9. The summed E-state index contributed by atoms with van der Waals surface area (Å²) in [6.07, 6.45) is 6.03. The van der Waals surface area contributed by atoms with Crippen molar-refractivity contribution in [3.63, 3.8) is 0 Å². The van der Waals surface area contributed by atoms with Crippen LogP contribution in [0.15, 0.2) is 11.6 Å². The molecule has 17 heavy (non-hydrogen) atoms. The van der Waals surface area contributed by atoms with Gasteiger partial charge in [0.25, 0.3) is 0 Å². The molecule has 0 unspecified atom stereocenters. The van der Waals surface area contributed by atoms with Crippen LogP contribution in [0.4, 0.5) is 0 Å². The Morgan fingerprint density at radius 3 is 2.53 bits per heavy atom. The van der Waals surface area contributed by atoms with Crippen molar-refractivity contribution in [1.82, 2.24) is 0 Å². The predicted octanol–water partition coefficient (Wildman–Crippen LogP) is 2.89. The lowest BCUT2D eigenvalue weighted by atomic mass is 9.58. The molecule has 0 bridgehead atoms. The minimum Gasteiger partial charge on any atom is -0.392 e. The van der Waals surface area contributed by atoms with Crippen LogP contribution in [0.2, 0.25) is 0 Å². The van der Waals surface area contributed by atoms with Crippen LogP contribution < -0.4 is 0 Å². The molecule has 98 valence electrons. The summed E-state index contributed by atoms with van der Waals surface area (Å²) in [6.45, 7) is 8.23. The quantitative estimate of drug-likeness (QED) is 0.690. The minimum atomic E-state index is -0.642. The summed E-state index contributed by atoms with van der Waals surface area (Å²) in [5.41, 5.74) is 0.699. The zero-order valence-corrected chi connectivity index (χ0v) is 11.5. The monoisotopic (exact) mass is 238 g/mol. The molecule has 1 saturated carbocycles. The van der Waals surface area contributed by atoms with Crippen LogP contribution in [0.3, 0.4) is 0 Å². The van der Waals surface area contributed by atoms with E-state index in [1.165, 1.54) is 5.57 Å². The van der Waals surface area contributed by atoms with Crippen molar-refractivity contribution in [2.45, 2.75) is 65.1 Å². The molecule has 2 N–H and O–H groups in total. The zero-order valence-electron chi connectivity index (χ0n) is 11.5. The molecule has 2 aliphatic carbocycles. The van der Waals surface area contributed by atoms with Crippen LogP contribution in [-0.4, -0.2) is 21.9 Å². The van der Waals surface area contributed by atoms with Crippen LogP contribution in [0, 0.1) is 17.3 Å². The van der Waals surface area contributed by atoms with Crippen LogP contribution >= 0.6 is 0 Å². The van der Waals surface area contributed by atoms with E-state index >= 15 is 0 Å². The summed E-state index contributed by atoms with van der Waals surface area (Å²) in [5, 5.41) is 20.4. The first-order chi connectivity index (χ1) is 7.75. The second kappa shape index (κ2) is 4.10. The smallest absolute Gasteiger partial charge is 0.0654 e. The molecule has 0 radical (unpaired) electrons. The highest BCUT2D eigenvalue weighted by Crippen LogP contribution is 2.51. The molecule has 2 rings (SSSR count). The van der Waals surface area contributed by atoms with Gasteiger partial charge in [-0.1, -0.05) is 25.5 Å². The Bertz CT molecular complexity index is 326. The third kappa shape index (κ3) is 2.17. The fraction of sp³-hybridized carbons (Fsp3) is 0.867. The molecule has 0 spiro atoms. The predicted molar refractivity (Wildman–Crippen MR) is 69.6 cm³/mol. The second-order valence-electron chi connectivity index (χ2n) is 6.83. The molecule has 0 aliphatic heterocycles. The Labute approximate surface area is 105 Å². The number of hydrogen-bond donors (Lipinski definition) is 2. The highest BCUT2D eigenvalue weighted by atomic mass is 16.3. The first-order valence-electron chi connectivity index (χ1n) is 6.88. The van der Waals surface area contributed by atoms with Crippen molar-refractivity contribution in [2.75, 3.05) is 0 Å². The van der Waals surface area contributed by atoms with E-state index in [1.54, 1.807) is 0 Å². The van der Waals surface area contributed by atoms with Crippen molar-refractivity contribution in [1.29, 1.82) is 0 Å². The van der Waals surface area contributed by atoms with Crippen molar-refractivity contribution >= 4 is 0 Å². The van der Waals surface area contributed by atoms with Crippen molar-refractivity contribution < 1.29 is 10.2 Å². The minimum absolute atomic E-state index is 0.0422. The van der Waals surface area contributed by atoms with Gasteiger partial charge in [0.1, 0.15) is 0 Å². The highest BCUT2D eigenvalue weighted by molar-refractivity contribution is 5.26.